The number of hydrogen-bond acceptors (Lipinski definition) is 11. The van der Waals surface area contributed by atoms with E-state index in [1.165, 1.54) is 20.2 Å². The number of methoxy groups -OCH3 is 2. The molecule has 12 nitrogen and oxygen atoms in total. The van der Waals surface area contributed by atoms with Crippen molar-refractivity contribution < 1.29 is 43.9 Å². The summed E-state index contributed by atoms with van der Waals surface area (Å²) in [5, 5.41) is 38.8. The molecule has 2 aliphatic carbocycles. The van der Waals surface area contributed by atoms with Crippen LogP contribution in [-0.4, -0.2) is 57.0 Å². The molecule has 4 aromatic carbocycles. The SMILES string of the molecule is COC(=O)Oc1c(C)c(O)cc2c1C(=O)c1c(OC)c3c(c(O)c1C2=O)-c1c(cc2cnn(-c4ccccc4)c(=O)c2c1O)CC3. The molecule has 0 atom stereocenters. The highest BCUT2D eigenvalue weighted by atomic mass is 16.7. The summed E-state index contributed by atoms with van der Waals surface area (Å²) in [4.78, 5) is 54.0. The number of aromatic hydroxyl groups is 3. The molecule has 0 saturated heterocycles. The number of aryl methyl sites for hydroxylation is 1. The number of fused-ring (bicyclic) bond motifs is 6. The number of nitrogens with zero attached hydrogens (tertiary/aromatic N) is 2. The van der Waals surface area contributed by atoms with E-state index in [1.54, 1.807) is 36.4 Å². The lowest BCUT2D eigenvalue weighted by Crippen LogP contribution is -2.26. The first-order valence-electron chi connectivity index (χ1n) is 14.1. The molecule has 0 saturated carbocycles. The standard InChI is InChI=1S/C34H24N2O10/c1-14-20(37)12-19-24(31(14)46-34(43)45-3)30(41)26-25(27(19)38)29(40)23-18(32(26)44-2)10-9-15-11-16-13-35-36(17-7-5-4-6-8-17)33(42)22(16)28(39)21(15)23/h4-8,11-13,37,39-40H,9-10H2,1-3H3. The van der Waals surface area contributed by atoms with Gasteiger partial charge in [-0.3, -0.25) is 14.4 Å². The van der Waals surface area contributed by atoms with Crippen molar-refractivity contribution in [2.45, 2.75) is 19.8 Å². The number of rotatable bonds is 3. The predicted octanol–water partition coefficient (Wildman–Crippen LogP) is 4.51. The molecule has 46 heavy (non-hydrogen) atoms. The lowest BCUT2D eigenvalue weighted by molar-refractivity contribution is 0.0964. The van der Waals surface area contributed by atoms with Crippen LogP contribution in [0, 0.1) is 6.92 Å². The summed E-state index contributed by atoms with van der Waals surface area (Å²) in [6.07, 6.45) is 0.849. The minimum absolute atomic E-state index is 0.0104. The van der Waals surface area contributed by atoms with Crippen molar-refractivity contribution >= 4 is 28.5 Å². The van der Waals surface area contributed by atoms with Gasteiger partial charge in [-0.1, -0.05) is 18.2 Å². The van der Waals surface area contributed by atoms with Crippen LogP contribution in [0.2, 0.25) is 0 Å². The number of ketones is 2. The highest BCUT2D eigenvalue weighted by Crippen LogP contribution is 2.54. The third kappa shape index (κ3) is 3.82. The maximum absolute atomic E-state index is 14.2. The largest absolute Gasteiger partial charge is 0.513 e. The fourth-order valence-electron chi connectivity index (χ4n) is 6.43. The minimum atomic E-state index is -1.18. The van der Waals surface area contributed by atoms with E-state index in [-0.39, 0.29) is 56.7 Å². The summed E-state index contributed by atoms with van der Waals surface area (Å²) in [6, 6.07) is 11.4. The Bertz CT molecular complexity index is 2270. The molecule has 1 heterocycles. The first-order valence-corrected chi connectivity index (χ1v) is 14.1. The molecule has 5 aromatic rings. The fourth-order valence-corrected chi connectivity index (χ4v) is 6.43. The third-order valence-electron chi connectivity index (χ3n) is 8.54. The van der Waals surface area contributed by atoms with E-state index in [4.69, 9.17) is 9.47 Å². The number of benzene rings is 4. The normalized spacial score (nSPS) is 13.0. The number of phenols is 3. The van der Waals surface area contributed by atoms with E-state index < -0.39 is 46.1 Å². The Hall–Kier alpha value is -6.17. The number of carbonyl (C=O) groups excluding carboxylic acids is 3. The van der Waals surface area contributed by atoms with Crippen molar-refractivity contribution in [3.63, 3.8) is 0 Å². The number of hydrogen-bond donors (Lipinski definition) is 3. The van der Waals surface area contributed by atoms with Crippen molar-refractivity contribution in [2.24, 2.45) is 0 Å². The molecule has 1 aromatic heterocycles. The van der Waals surface area contributed by atoms with Crippen LogP contribution in [0.15, 0.2) is 53.5 Å². The minimum Gasteiger partial charge on any atom is -0.508 e. The quantitative estimate of drug-likeness (QED) is 0.188. The van der Waals surface area contributed by atoms with Gasteiger partial charge in [0.2, 0.25) is 5.78 Å². The van der Waals surface area contributed by atoms with Crippen LogP contribution in [-0.2, 0) is 17.6 Å². The van der Waals surface area contributed by atoms with Gasteiger partial charge in [-0.2, -0.15) is 9.78 Å². The highest BCUT2D eigenvalue weighted by Gasteiger charge is 2.43. The van der Waals surface area contributed by atoms with Crippen LogP contribution in [0.4, 0.5) is 4.79 Å². The molecular weight excluding hydrogens is 596 g/mol. The van der Waals surface area contributed by atoms with E-state index in [0.29, 0.717) is 28.6 Å². The van der Waals surface area contributed by atoms with Gasteiger partial charge < -0.3 is 29.5 Å². The van der Waals surface area contributed by atoms with Crippen molar-refractivity contribution in [1.82, 2.24) is 9.78 Å². The van der Waals surface area contributed by atoms with E-state index in [0.717, 1.165) is 17.9 Å². The number of ether oxygens (including phenoxy) is 3. The second kappa shape index (κ2) is 10.2. The van der Waals surface area contributed by atoms with Gasteiger partial charge in [0.05, 0.1) is 48.2 Å². The Morgan fingerprint density at radius 2 is 1.59 bits per heavy atom. The smallest absolute Gasteiger partial charge is 0.508 e. The first kappa shape index (κ1) is 28.6. The molecule has 0 bridgehead atoms. The van der Waals surface area contributed by atoms with Gasteiger partial charge in [0.1, 0.15) is 23.0 Å². The summed E-state index contributed by atoms with van der Waals surface area (Å²) in [5.74, 6) is -3.54. The monoisotopic (exact) mass is 620 g/mol. The van der Waals surface area contributed by atoms with Gasteiger partial charge in [0.25, 0.3) is 5.56 Å². The van der Waals surface area contributed by atoms with Gasteiger partial charge >= 0.3 is 6.16 Å². The van der Waals surface area contributed by atoms with Crippen LogP contribution < -0.4 is 15.0 Å². The summed E-state index contributed by atoms with van der Waals surface area (Å²) >= 11 is 0. The molecule has 0 radical (unpaired) electrons. The Balaban J connectivity index is 1.52. The summed E-state index contributed by atoms with van der Waals surface area (Å²) in [7, 11) is 2.36. The Morgan fingerprint density at radius 1 is 0.848 bits per heavy atom. The van der Waals surface area contributed by atoms with E-state index >= 15 is 0 Å². The maximum atomic E-state index is 14.2. The second-order valence-electron chi connectivity index (χ2n) is 10.9. The highest BCUT2D eigenvalue weighted by molar-refractivity contribution is 6.32. The summed E-state index contributed by atoms with van der Waals surface area (Å²) < 4.78 is 16.6. The molecule has 3 N–H and O–H groups in total. The van der Waals surface area contributed by atoms with Crippen molar-refractivity contribution in [2.75, 3.05) is 14.2 Å². The van der Waals surface area contributed by atoms with Gasteiger partial charge in [-0.05, 0) is 49.6 Å². The molecule has 0 amide bonds. The first-order chi connectivity index (χ1) is 22.1. The van der Waals surface area contributed by atoms with Gasteiger partial charge in [0.15, 0.2) is 11.5 Å². The summed E-state index contributed by atoms with van der Waals surface area (Å²) in [5.41, 5.74) is -0.405. The van der Waals surface area contributed by atoms with E-state index in [2.05, 4.69) is 9.84 Å². The Kier molecular flexibility index (Phi) is 6.34. The lowest BCUT2D eigenvalue weighted by atomic mass is 9.75. The lowest BCUT2D eigenvalue weighted by Gasteiger charge is -2.30. The molecule has 2 aliphatic rings. The zero-order valence-corrected chi connectivity index (χ0v) is 24.6. The van der Waals surface area contributed by atoms with Crippen LogP contribution >= 0.6 is 0 Å². The van der Waals surface area contributed by atoms with Crippen LogP contribution in [0.5, 0.6) is 28.7 Å². The van der Waals surface area contributed by atoms with Gasteiger partial charge in [-0.15, -0.1) is 0 Å². The van der Waals surface area contributed by atoms with Crippen molar-refractivity contribution in [3.8, 4) is 45.6 Å². The van der Waals surface area contributed by atoms with Crippen molar-refractivity contribution in [1.29, 1.82) is 0 Å². The Morgan fingerprint density at radius 3 is 2.28 bits per heavy atom. The molecule has 230 valence electrons. The average Bonchev–Trinajstić information content (AvgIpc) is 3.05. The van der Waals surface area contributed by atoms with Crippen LogP contribution in [0.25, 0.3) is 27.6 Å². The summed E-state index contributed by atoms with van der Waals surface area (Å²) in [6.45, 7) is 1.40. The van der Waals surface area contributed by atoms with Crippen LogP contribution in [0.3, 0.4) is 0 Å². The Labute approximate surface area is 259 Å². The molecule has 12 heteroatoms. The maximum Gasteiger partial charge on any atom is 0.513 e. The molecule has 7 rings (SSSR count). The predicted molar refractivity (Wildman–Crippen MR) is 163 cm³/mol. The molecule has 0 fully saturated rings. The number of phenolic OH excluding ortho intramolecular Hbond substituents is 3. The van der Waals surface area contributed by atoms with Crippen LogP contribution in [0.1, 0.15) is 48.5 Å². The van der Waals surface area contributed by atoms with Gasteiger partial charge in [-0.25, -0.2) is 4.79 Å². The number of carbonyl (C=O) groups is 3. The number of aromatic nitrogens is 2. The zero-order chi connectivity index (χ0) is 32.6. The van der Waals surface area contributed by atoms with Crippen molar-refractivity contribution in [3.05, 3.63) is 98.0 Å². The third-order valence-corrected chi connectivity index (χ3v) is 8.54. The average molecular weight is 621 g/mol. The van der Waals surface area contributed by atoms with E-state index in [1.807, 2.05) is 0 Å². The fraction of sp³-hybridized carbons (Fsp3) is 0.147. The number of para-hydroxylation sites is 1. The molecule has 0 spiro atoms. The topological polar surface area (TPSA) is 174 Å². The van der Waals surface area contributed by atoms with Gasteiger partial charge in [0, 0.05) is 33.2 Å². The molecular formula is C34H24N2O10. The molecule has 0 unspecified atom stereocenters. The second-order valence-corrected chi connectivity index (χ2v) is 10.9. The van der Waals surface area contributed by atoms with E-state index in [9.17, 15) is 34.5 Å². The molecule has 0 aliphatic heterocycles. The zero-order valence-electron chi connectivity index (χ0n) is 24.6.